The van der Waals surface area contributed by atoms with E-state index in [9.17, 15) is 79.4 Å². The number of rotatable bonds is 17. The minimum atomic E-state index is -2.23. The van der Waals surface area contributed by atoms with Crippen molar-refractivity contribution in [2.75, 3.05) is 19.6 Å². The number of aromatic nitrogens is 2. The number of hydrogen-bond donors (Lipinski definition) is 13. The van der Waals surface area contributed by atoms with Gasteiger partial charge in [0.05, 0.1) is 49.1 Å². The van der Waals surface area contributed by atoms with Gasteiger partial charge in [-0.15, -0.1) is 14.5 Å². The second kappa shape index (κ2) is 31.6. The van der Waals surface area contributed by atoms with Crippen molar-refractivity contribution in [3.63, 3.8) is 0 Å². The predicted molar refractivity (Wildman–Crippen MR) is 300 cm³/mol. The van der Waals surface area contributed by atoms with E-state index in [0.717, 1.165) is 54.5 Å². The van der Waals surface area contributed by atoms with Crippen molar-refractivity contribution in [3.8, 4) is 40.2 Å². The number of carbonyl (C=O) groups excluding carboxylic acids is 8. The topological polar surface area (TPSA) is 470 Å². The van der Waals surface area contributed by atoms with Gasteiger partial charge in [0, 0.05) is 61.5 Å². The molecule has 1 aromatic heterocycles. The molecule has 4 heterocycles. The molecule has 14 N–H and O–H groups in total. The van der Waals surface area contributed by atoms with Crippen molar-refractivity contribution in [2.24, 2.45) is 11.7 Å². The molecular weight excluding hydrogens is 1200 g/mol. The Kier molecular flexibility index (Phi) is 24.7. The molecule has 476 valence electrons. The van der Waals surface area contributed by atoms with Crippen LogP contribution in [0.2, 0.25) is 0 Å². The Balaban J connectivity index is 0.0000113. The minimum absolute atomic E-state index is 0. The first-order valence-electron chi connectivity index (χ1n) is 28.3. The molecule has 33 heteroatoms. The Morgan fingerprint density at radius 1 is 0.787 bits per heavy atom. The van der Waals surface area contributed by atoms with E-state index in [1.165, 1.54) is 43.7 Å². The first kappa shape index (κ1) is 69.4. The van der Waals surface area contributed by atoms with Gasteiger partial charge in [0.2, 0.25) is 53.1 Å². The second-order valence-corrected chi connectivity index (χ2v) is 22.6. The molecule has 12 unspecified atom stereocenters. The largest absolute Gasteiger partial charge is 1.00 e. The maximum atomic E-state index is 14.7. The molecule has 0 bridgehead atoms. The Hall–Kier alpha value is -7.05. The van der Waals surface area contributed by atoms with Crippen molar-refractivity contribution < 1.29 is 132 Å². The van der Waals surface area contributed by atoms with Crippen molar-refractivity contribution in [3.05, 3.63) is 77.9 Å². The van der Waals surface area contributed by atoms with E-state index in [-0.39, 0.29) is 76.6 Å². The number of fused-ring (bicyclic) bond motifs is 2. The van der Waals surface area contributed by atoms with Gasteiger partial charge in [-0.3, -0.25) is 43.4 Å². The molecule has 4 aliphatic rings. The van der Waals surface area contributed by atoms with Crippen LogP contribution in [0.4, 0.5) is 0 Å². The number of nitrogens with two attached hydrogens (primary N) is 1. The van der Waals surface area contributed by atoms with Crippen LogP contribution in [0.5, 0.6) is 17.2 Å². The zero-order valence-electron chi connectivity index (χ0n) is 48.5. The van der Waals surface area contributed by atoms with E-state index in [1.807, 2.05) is 12.1 Å². The number of phenols is 1. The van der Waals surface area contributed by atoms with Crippen molar-refractivity contribution in [1.82, 2.24) is 46.6 Å². The predicted octanol–water partition coefficient (Wildman–Crippen LogP) is -6.19. The molecule has 89 heavy (non-hydrogen) atoms. The smallest absolute Gasteiger partial charge is 0.691 e. The Bertz CT molecular complexity index is 3140. The number of β-amino-alcohol motifs (C(OH)–C–C–N with tert-alkyl or cyclic N) is 1. The summed E-state index contributed by atoms with van der Waals surface area (Å²) >= 11 is -0.00773. The number of hydrogen-bond acceptors (Lipinski definition) is 24. The van der Waals surface area contributed by atoms with Gasteiger partial charge in [0.15, 0.2) is 11.5 Å². The summed E-state index contributed by atoms with van der Waals surface area (Å²) in [7, 11) is 0. The van der Waals surface area contributed by atoms with Crippen LogP contribution >= 0.6 is 12.3 Å². The summed E-state index contributed by atoms with van der Waals surface area (Å²) in [4.78, 5) is 115. The van der Waals surface area contributed by atoms with Crippen LogP contribution in [0, 0.1) is 5.92 Å². The van der Waals surface area contributed by atoms with Crippen molar-refractivity contribution >= 4 is 59.6 Å². The van der Waals surface area contributed by atoms with Gasteiger partial charge < -0.3 is 96.5 Å². The average Bonchev–Trinajstić information content (AvgIpc) is 2.60. The maximum absolute atomic E-state index is 14.7. The van der Waals surface area contributed by atoms with E-state index in [4.69, 9.17) is 19.1 Å². The van der Waals surface area contributed by atoms with Gasteiger partial charge in [0.1, 0.15) is 42.0 Å². The SMILES string of the molecule is CC(O)C1NC(=O)[C@@H](NC(=O)c2ccc(-c3nnc(-c4ccc(OC5CCCCC5)cc4)o3)cc2)CC(O)CNC(=O)C2C(O)C(C)CN2C(=O)C(C(O)CC(N)=O)NC(=O)C(C(O)Cc2ccc(O)c(OSOO[O-])c2)NC(=O)C2CC(O)CN2C1=O.[Na+]. The summed E-state index contributed by atoms with van der Waals surface area (Å²) in [5.41, 5.74) is 6.45. The first-order valence-corrected chi connectivity index (χ1v) is 29.0. The Morgan fingerprint density at radius 3 is 2.06 bits per heavy atom. The molecule has 3 saturated heterocycles. The van der Waals surface area contributed by atoms with Gasteiger partial charge in [-0.1, -0.05) is 19.4 Å². The van der Waals surface area contributed by atoms with E-state index >= 15 is 0 Å². The molecule has 8 rings (SSSR count). The van der Waals surface area contributed by atoms with Crippen LogP contribution in [0.3, 0.4) is 0 Å². The number of nitrogens with zero attached hydrogens (tertiary/aromatic N) is 4. The van der Waals surface area contributed by atoms with Gasteiger partial charge in [0.25, 0.3) is 18.2 Å². The fraction of sp³-hybridized carbons (Fsp3) is 0.500. The third-order valence-corrected chi connectivity index (χ3v) is 15.9. The maximum Gasteiger partial charge on any atom is 1.00 e. The van der Waals surface area contributed by atoms with Crippen LogP contribution in [-0.2, 0) is 49.4 Å². The second-order valence-electron chi connectivity index (χ2n) is 22.2. The zero-order valence-corrected chi connectivity index (χ0v) is 51.4. The summed E-state index contributed by atoms with van der Waals surface area (Å²) in [6.45, 7) is 0.816. The van der Waals surface area contributed by atoms with Crippen molar-refractivity contribution in [1.29, 1.82) is 0 Å². The fourth-order valence-corrected chi connectivity index (χ4v) is 11.2. The molecule has 0 radical (unpaired) electrons. The van der Waals surface area contributed by atoms with Crippen LogP contribution in [0.1, 0.15) is 81.1 Å². The van der Waals surface area contributed by atoms with Gasteiger partial charge in [-0.05, 0) is 98.8 Å². The third-order valence-electron chi connectivity index (χ3n) is 15.6. The standard InChI is InChI=1S/C56H70N10O21S.Na/c1-26-24-66-46(47(26)74)52(79)58-23-32(68)20-36(59-48(75)29-9-11-30(12-10-29)53-63-64-54(84-53)31-13-15-35(16-14-31)83-34-6-4-3-5-7-34)49(76)60-43(27(2)67)55(80)65-25-33(69)21-37(65)50(77)61-44(51(78)62-45(56(66)81)40(72)22-42(57)73)39(71)18-28-8-17-38(70)41(19-28)85-88-87-86-82;/h8-17,19,26-27,32-34,36-37,39-40,43-47,67-72,74,82H,3-7,18,20-25H2,1-2H3,(H2,57,73)(H,58,79)(H,59,75)(H,60,76)(H,61,77)(H,62,78);/q;+1/p-1/t26?,27?,32?,33?,36-,37?,39?,40?,43?,44?,45?,46?,47?;/m0./s1. The van der Waals surface area contributed by atoms with E-state index in [0.29, 0.717) is 16.9 Å². The number of carbonyl (C=O) groups is 8. The van der Waals surface area contributed by atoms with Gasteiger partial charge >= 0.3 is 29.6 Å². The first-order chi connectivity index (χ1) is 42.0. The van der Waals surface area contributed by atoms with Gasteiger partial charge in [-0.25, -0.2) is 0 Å². The number of ether oxygens (including phenoxy) is 1. The monoisotopic (exact) mass is 1270 g/mol. The summed E-state index contributed by atoms with van der Waals surface area (Å²) in [5.74, 6) is -10.2. The molecule has 3 aliphatic heterocycles. The fourth-order valence-electron chi connectivity index (χ4n) is 10.9. The van der Waals surface area contributed by atoms with Gasteiger partial charge in [-0.2, -0.15) is 0 Å². The number of nitrogens with one attached hydrogen (secondary N) is 5. The molecule has 1 aliphatic carbocycles. The Labute approximate surface area is 534 Å². The van der Waals surface area contributed by atoms with E-state index in [1.54, 1.807) is 12.1 Å². The molecule has 4 fully saturated rings. The third kappa shape index (κ3) is 17.7. The van der Waals surface area contributed by atoms with Crippen LogP contribution in [0.25, 0.3) is 22.9 Å². The summed E-state index contributed by atoms with van der Waals surface area (Å²) in [5, 5.41) is 112. The molecule has 13 atom stereocenters. The molecule has 31 nitrogen and oxygen atoms in total. The number of aliphatic hydroxyl groups excluding tert-OH is 6. The quantitative estimate of drug-likeness (QED) is 0.0154. The average molecular weight is 1270 g/mol. The summed E-state index contributed by atoms with van der Waals surface area (Å²) < 4.78 is 21.2. The number of amides is 8. The molecular formula is C56H69N10NaO21S. The van der Waals surface area contributed by atoms with E-state index in [2.05, 4.69) is 46.2 Å². The normalized spacial score (nSPS) is 26.2. The summed E-state index contributed by atoms with van der Waals surface area (Å²) in [6.07, 6.45) is -8.16. The number of aliphatic hydroxyl groups is 6. The van der Waals surface area contributed by atoms with Crippen LogP contribution in [-0.4, -0.2) is 202 Å². The molecule has 8 amide bonds. The number of aromatic hydroxyl groups is 1. The number of primary amides is 1. The zero-order chi connectivity index (χ0) is 63.5. The summed E-state index contributed by atoms with van der Waals surface area (Å²) in [6, 6.07) is 4.64. The van der Waals surface area contributed by atoms with Crippen molar-refractivity contribution in [2.45, 2.75) is 151 Å². The van der Waals surface area contributed by atoms with Crippen LogP contribution < -0.4 is 76.1 Å². The molecule has 4 aromatic rings. The molecule has 3 aromatic carbocycles. The van der Waals surface area contributed by atoms with Crippen LogP contribution in [0.15, 0.2) is 71.1 Å². The number of phenolic OH excluding ortho intramolecular Hbond substituents is 1. The minimum Gasteiger partial charge on any atom is -0.691 e. The molecule has 0 spiro atoms. The Morgan fingerprint density at radius 2 is 1.42 bits per heavy atom. The number of benzene rings is 3. The molecule has 1 saturated carbocycles. The van der Waals surface area contributed by atoms with E-state index < -0.39 is 177 Å².